The van der Waals surface area contributed by atoms with Gasteiger partial charge in [-0.1, -0.05) is 24.3 Å². The quantitative estimate of drug-likeness (QED) is 0.465. The molecule has 0 aliphatic heterocycles. The van der Waals surface area contributed by atoms with Gasteiger partial charge in [0.25, 0.3) is 5.91 Å². The van der Waals surface area contributed by atoms with E-state index in [4.69, 9.17) is 10.00 Å². The van der Waals surface area contributed by atoms with Crippen LogP contribution in [0.15, 0.2) is 84.3 Å². The van der Waals surface area contributed by atoms with Gasteiger partial charge in [0.05, 0.1) is 11.6 Å². The molecule has 3 rings (SSSR count). The molecule has 168 valence electrons. The van der Waals surface area contributed by atoms with E-state index in [0.29, 0.717) is 17.0 Å². The van der Waals surface area contributed by atoms with Gasteiger partial charge in [-0.15, -0.1) is 6.58 Å². The van der Waals surface area contributed by atoms with E-state index >= 15 is 0 Å². The number of carbonyl (C=O) groups is 1. The highest BCUT2D eigenvalue weighted by molar-refractivity contribution is 7.89. The van der Waals surface area contributed by atoms with Crippen LogP contribution in [-0.4, -0.2) is 20.9 Å². The summed E-state index contributed by atoms with van der Waals surface area (Å²) in [5, 5.41) is 11.6. The van der Waals surface area contributed by atoms with Crippen LogP contribution < -0.4 is 14.8 Å². The third kappa shape index (κ3) is 6.26. The highest BCUT2D eigenvalue weighted by Crippen LogP contribution is 2.21. The molecule has 0 heterocycles. The zero-order valence-electron chi connectivity index (χ0n) is 17.4. The number of hydrogen-bond acceptors (Lipinski definition) is 5. The van der Waals surface area contributed by atoms with Gasteiger partial charge in [-0.05, 0) is 48.0 Å². The summed E-state index contributed by atoms with van der Waals surface area (Å²) in [6.45, 7) is 3.56. The summed E-state index contributed by atoms with van der Waals surface area (Å²) in [6, 6.07) is 18.8. The standard InChI is InChI=1S/C24H20FN3O4S/c1-2-11-27-33(30,31)23-13-19(9-10-22(23)25)24(29)28-20-7-4-8-21(14-20)32-16-18-6-3-5-17(12-18)15-26/h2-10,12-14,27H,1,11,16H2,(H,28,29). The van der Waals surface area contributed by atoms with Crippen LogP contribution in [0.1, 0.15) is 21.5 Å². The molecule has 3 aromatic carbocycles. The summed E-state index contributed by atoms with van der Waals surface area (Å²) >= 11 is 0. The largest absolute Gasteiger partial charge is 0.489 e. The summed E-state index contributed by atoms with van der Waals surface area (Å²) in [5.41, 5.74) is 1.71. The summed E-state index contributed by atoms with van der Waals surface area (Å²) in [5.74, 6) is -1.11. The maximum Gasteiger partial charge on any atom is 0.255 e. The molecule has 0 radical (unpaired) electrons. The van der Waals surface area contributed by atoms with Gasteiger partial charge in [-0.3, -0.25) is 4.79 Å². The van der Waals surface area contributed by atoms with E-state index in [9.17, 15) is 17.6 Å². The maximum atomic E-state index is 14.1. The van der Waals surface area contributed by atoms with Crippen LogP contribution in [0.3, 0.4) is 0 Å². The lowest BCUT2D eigenvalue weighted by Gasteiger charge is -2.11. The van der Waals surface area contributed by atoms with Crippen LogP contribution in [0.4, 0.5) is 10.1 Å². The van der Waals surface area contributed by atoms with Gasteiger partial charge < -0.3 is 10.1 Å². The molecule has 0 aromatic heterocycles. The Balaban J connectivity index is 1.72. The number of sulfonamides is 1. The number of amides is 1. The Bertz CT molecular complexity index is 1330. The summed E-state index contributed by atoms with van der Waals surface area (Å²) in [7, 11) is -4.14. The van der Waals surface area contributed by atoms with Crippen molar-refractivity contribution in [2.24, 2.45) is 0 Å². The lowest BCUT2D eigenvalue weighted by atomic mass is 10.1. The van der Waals surface area contributed by atoms with Gasteiger partial charge in [0.1, 0.15) is 23.1 Å². The average Bonchev–Trinajstić information content (AvgIpc) is 2.82. The molecule has 0 aliphatic carbocycles. The van der Waals surface area contributed by atoms with Crippen molar-refractivity contribution in [2.45, 2.75) is 11.5 Å². The molecular formula is C24H20FN3O4S. The molecule has 0 saturated heterocycles. The number of anilines is 1. The number of nitrogens with one attached hydrogen (secondary N) is 2. The fourth-order valence-electron chi connectivity index (χ4n) is 2.86. The van der Waals surface area contributed by atoms with Gasteiger partial charge in [-0.2, -0.15) is 5.26 Å². The summed E-state index contributed by atoms with van der Waals surface area (Å²) < 4.78 is 46.5. The van der Waals surface area contributed by atoms with Gasteiger partial charge >= 0.3 is 0 Å². The Morgan fingerprint density at radius 2 is 1.91 bits per heavy atom. The zero-order valence-corrected chi connectivity index (χ0v) is 18.2. The lowest BCUT2D eigenvalue weighted by molar-refractivity contribution is 0.102. The number of rotatable bonds is 9. The van der Waals surface area contributed by atoms with Crippen molar-refractivity contribution in [1.82, 2.24) is 4.72 Å². The average molecular weight is 466 g/mol. The molecule has 0 saturated carbocycles. The molecule has 0 spiro atoms. The van der Waals surface area contributed by atoms with Gasteiger partial charge in [0.2, 0.25) is 10.0 Å². The monoisotopic (exact) mass is 465 g/mol. The molecule has 2 N–H and O–H groups in total. The number of carbonyl (C=O) groups excluding carboxylic acids is 1. The maximum absolute atomic E-state index is 14.1. The van der Waals surface area contributed by atoms with Gasteiger partial charge in [-0.25, -0.2) is 17.5 Å². The molecule has 1 amide bonds. The molecule has 33 heavy (non-hydrogen) atoms. The predicted octanol–water partition coefficient (Wildman–Crippen LogP) is 3.99. The number of hydrogen-bond donors (Lipinski definition) is 2. The highest BCUT2D eigenvalue weighted by atomic mass is 32.2. The van der Waals surface area contributed by atoms with Crippen molar-refractivity contribution >= 4 is 21.6 Å². The minimum atomic E-state index is -4.14. The molecule has 0 unspecified atom stereocenters. The molecular weight excluding hydrogens is 445 g/mol. The van der Waals surface area contributed by atoms with Crippen molar-refractivity contribution in [3.05, 3.63) is 102 Å². The first-order valence-electron chi connectivity index (χ1n) is 9.76. The second-order valence-corrected chi connectivity index (χ2v) is 8.60. The highest BCUT2D eigenvalue weighted by Gasteiger charge is 2.20. The van der Waals surface area contributed by atoms with E-state index in [1.54, 1.807) is 42.5 Å². The van der Waals surface area contributed by atoms with E-state index < -0.39 is 26.6 Å². The normalized spacial score (nSPS) is 10.8. The van der Waals surface area contributed by atoms with E-state index in [0.717, 1.165) is 17.7 Å². The van der Waals surface area contributed by atoms with Crippen molar-refractivity contribution in [2.75, 3.05) is 11.9 Å². The number of nitriles is 1. The van der Waals surface area contributed by atoms with Crippen LogP contribution in [0.25, 0.3) is 0 Å². The number of nitrogens with zero attached hydrogens (tertiary/aromatic N) is 1. The first-order valence-corrected chi connectivity index (χ1v) is 11.2. The molecule has 3 aromatic rings. The smallest absolute Gasteiger partial charge is 0.255 e. The van der Waals surface area contributed by atoms with Crippen LogP contribution in [0.2, 0.25) is 0 Å². The van der Waals surface area contributed by atoms with E-state index in [1.807, 2.05) is 6.07 Å². The number of halogens is 1. The van der Waals surface area contributed by atoms with Crippen LogP contribution in [0, 0.1) is 17.1 Å². The van der Waals surface area contributed by atoms with Crippen LogP contribution in [-0.2, 0) is 16.6 Å². The van der Waals surface area contributed by atoms with E-state index in [2.05, 4.69) is 22.7 Å². The van der Waals surface area contributed by atoms with Crippen molar-refractivity contribution in [3.63, 3.8) is 0 Å². The van der Waals surface area contributed by atoms with E-state index in [-0.39, 0.29) is 18.7 Å². The van der Waals surface area contributed by atoms with Crippen molar-refractivity contribution < 1.29 is 22.3 Å². The molecule has 0 fully saturated rings. The fourth-order valence-corrected chi connectivity index (χ4v) is 3.96. The topological polar surface area (TPSA) is 108 Å². The van der Waals surface area contributed by atoms with Crippen LogP contribution in [0.5, 0.6) is 5.75 Å². The predicted molar refractivity (Wildman–Crippen MR) is 122 cm³/mol. The van der Waals surface area contributed by atoms with Gasteiger partial charge in [0.15, 0.2) is 0 Å². The Labute approximate surface area is 191 Å². The van der Waals surface area contributed by atoms with Gasteiger partial charge in [0, 0.05) is 23.9 Å². The second-order valence-electron chi connectivity index (χ2n) is 6.87. The van der Waals surface area contributed by atoms with Crippen molar-refractivity contribution in [1.29, 1.82) is 5.26 Å². The molecule has 0 bridgehead atoms. The number of ether oxygens (including phenoxy) is 1. The molecule has 0 atom stereocenters. The molecule has 9 heteroatoms. The first-order chi connectivity index (χ1) is 15.8. The zero-order chi connectivity index (χ0) is 23.8. The van der Waals surface area contributed by atoms with E-state index in [1.165, 1.54) is 12.1 Å². The summed E-state index contributed by atoms with van der Waals surface area (Å²) in [6.07, 6.45) is 1.32. The third-order valence-electron chi connectivity index (χ3n) is 4.45. The SMILES string of the molecule is C=CCNS(=O)(=O)c1cc(C(=O)Nc2cccc(OCc3cccc(C#N)c3)c2)ccc1F. The lowest BCUT2D eigenvalue weighted by Crippen LogP contribution is -2.25. The van der Waals surface area contributed by atoms with Crippen molar-refractivity contribution in [3.8, 4) is 11.8 Å². The second kappa shape index (κ2) is 10.5. The fraction of sp³-hybridized carbons (Fsp3) is 0.0833. The minimum Gasteiger partial charge on any atom is -0.489 e. The Hall–Kier alpha value is -4.00. The Morgan fingerprint density at radius 1 is 1.12 bits per heavy atom. The Morgan fingerprint density at radius 3 is 2.67 bits per heavy atom. The molecule has 0 aliphatic rings. The third-order valence-corrected chi connectivity index (χ3v) is 5.89. The molecule has 7 nitrogen and oxygen atoms in total. The van der Waals surface area contributed by atoms with Crippen LogP contribution >= 0.6 is 0 Å². The number of benzene rings is 3. The minimum absolute atomic E-state index is 0.0324. The first kappa shape index (κ1) is 23.7. The summed E-state index contributed by atoms with van der Waals surface area (Å²) in [4.78, 5) is 12.0. The Kier molecular flexibility index (Phi) is 7.56.